The largest absolute Gasteiger partial charge is 0.487 e. The van der Waals surface area contributed by atoms with Crippen LogP contribution in [0.25, 0.3) is 0 Å². The van der Waals surface area contributed by atoms with Gasteiger partial charge in [-0.05, 0) is 12.5 Å². The van der Waals surface area contributed by atoms with Crippen LogP contribution in [0.5, 0.6) is 5.75 Å². The molecule has 1 aliphatic heterocycles. The molecule has 0 spiro atoms. The van der Waals surface area contributed by atoms with Crippen LogP contribution in [0.4, 0.5) is 0 Å². The van der Waals surface area contributed by atoms with E-state index in [0.717, 1.165) is 25.2 Å². The summed E-state index contributed by atoms with van der Waals surface area (Å²) in [5, 5.41) is 0. The van der Waals surface area contributed by atoms with Crippen molar-refractivity contribution in [2.75, 3.05) is 6.61 Å². The third kappa shape index (κ3) is 1.09. The van der Waals surface area contributed by atoms with E-state index < -0.39 is 0 Å². The Morgan fingerprint density at radius 1 is 1.55 bits per heavy atom. The van der Waals surface area contributed by atoms with E-state index in [1.807, 2.05) is 12.1 Å². The predicted octanol–water partition coefficient (Wildman–Crippen LogP) is 0.836. The Bertz CT molecular complexity index is 270. The fourth-order valence-corrected chi connectivity index (χ4v) is 1.47. The normalized spacial score (nSPS) is 15.4. The molecule has 11 heavy (non-hydrogen) atoms. The molecule has 58 valence electrons. The summed E-state index contributed by atoms with van der Waals surface area (Å²) in [5.74, 6) is 1.06. The van der Waals surface area contributed by atoms with Gasteiger partial charge >= 0.3 is 0 Å². The number of pyridine rings is 1. The average molecular weight is 150 g/mol. The lowest BCUT2D eigenvalue weighted by Crippen LogP contribution is -2.35. The zero-order valence-electron chi connectivity index (χ0n) is 6.71. The van der Waals surface area contributed by atoms with Gasteiger partial charge in [0.15, 0.2) is 11.9 Å². The SMILES string of the molecule is C[n+]1cccc2c1CCCO2. The van der Waals surface area contributed by atoms with E-state index in [0.29, 0.717) is 0 Å². The van der Waals surface area contributed by atoms with Crippen molar-refractivity contribution >= 4 is 0 Å². The molecule has 0 radical (unpaired) electrons. The minimum Gasteiger partial charge on any atom is -0.487 e. The number of rotatable bonds is 0. The Morgan fingerprint density at radius 3 is 3.27 bits per heavy atom. The van der Waals surface area contributed by atoms with E-state index in [9.17, 15) is 0 Å². The minimum atomic E-state index is 0.872. The van der Waals surface area contributed by atoms with Crippen LogP contribution in [0.3, 0.4) is 0 Å². The lowest BCUT2D eigenvalue weighted by molar-refractivity contribution is -0.680. The number of aromatic nitrogens is 1. The summed E-state index contributed by atoms with van der Waals surface area (Å²) in [4.78, 5) is 0. The molecule has 0 aromatic carbocycles. The molecule has 2 heterocycles. The van der Waals surface area contributed by atoms with Crippen molar-refractivity contribution in [1.82, 2.24) is 0 Å². The highest BCUT2D eigenvalue weighted by Gasteiger charge is 2.17. The molecule has 0 saturated heterocycles. The van der Waals surface area contributed by atoms with Gasteiger partial charge < -0.3 is 4.74 Å². The fraction of sp³-hybridized carbons (Fsp3) is 0.444. The molecule has 0 unspecified atom stereocenters. The first kappa shape index (κ1) is 6.65. The first-order valence-electron chi connectivity index (χ1n) is 3.98. The predicted molar refractivity (Wildman–Crippen MR) is 41.4 cm³/mol. The van der Waals surface area contributed by atoms with Crippen molar-refractivity contribution in [3.05, 3.63) is 24.0 Å². The van der Waals surface area contributed by atoms with E-state index in [2.05, 4.69) is 17.8 Å². The Kier molecular flexibility index (Phi) is 1.53. The standard InChI is InChI=1S/C9H12NO/c1-10-6-2-5-9-8(10)4-3-7-11-9/h2,5-6H,3-4,7H2,1H3/q+1. The van der Waals surface area contributed by atoms with Crippen LogP contribution in [0, 0.1) is 0 Å². The van der Waals surface area contributed by atoms with Crippen LogP contribution < -0.4 is 9.30 Å². The zero-order chi connectivity index (χ0) is 7.68. The number of aryl methyl sites for hydroxylation is 1. The second kappa shape index (κ2) is 2.53. The number of nitrogens with zero attached hydrogens (tertiary/aromatic N) is 1. The molecule has 0 aliphatic carbocycles. The lowest BCUT2D eigenvalue weighted by Gasteiger charge is -2.13. The van der Waals surface area contributed by atoms with Gasteiger partial charge in [0.1, 0.15) is 7.05 Å². The molecular weight excluding hydrogens is 138 g/mol. The van der Waals surface area contributed by atoms with Crippen molar-refractivity contribution < 1.29 is 9.30 Å². The van der Waals surface area contributed by atoms with Crippen molar-refractivity contribution in [3.63, 3.8) is 0 Å². The van der Waals surface area contributed by atoms with Gasteiger partial charge in [0, 0.05) is 12.5 Å². The Labute approximate surface area is 66.4 Å². The Hall–Kier alpha value is -1.05. The van der Waals surface area contributed by atoms with Gasteiger partial charge in [-0.2, -0.15) is 0 Å². The summed E-state index contributed by atoms with van der Waals surface area (Å²) in [6, 6.07) is 4.05. The molecule has 1 aliphatic rings. The van der Waals surface area contributed by atoms with Gasteiger partial charge in [-0.25, -0.2) is 4.57 Å². The van der Waals surface area contributed by atoms with Crippen molar-refractivity contribution in [2.45, 2.75) is 12.8 Å². The van der Waals surface area contributed by atoms with Gasteiger partial charge in [-0.1, -0.05) is 0 Å². The lowest BCUT2D eigenvalue weighted by atomic mass is 10.1. The molecule has 2 nitrogen and oxygen atoms in total. The minimum absolute atomic E-state index is 0.872. The molecule has 0 saturated carbocycles. The summed E-state index contributed by atoms with van der Waals surface area (Å²) in [5.41, 5.74) is 1.32. The van der Waals surface area contributed by atoms with E-state index >= 15 is 0 Å². The summed E-state index contributed by atoms with van der Waals surface area (Å²) < 4.78 is 7.62. The quantitative estimate of drug-likeness (QED) is 0.499. The molecule has 0 fully saturated rings. The summed E-state index contributed by atoms with van der Waals surface area (Å²) in [7, 11) is 2.06. The van der Waals surface area contributed by atoms with Gasteiger partial charge in [0.2, 0.25) is 5.69 Å². The van der Waals surface area contributed by atoms with Crippen LogP contribution in [0.15, 0.2) is 18.3 Å². The molecule has 0 atom stereocenters. The second-order valence-electron chi connectivity index (χ2n) is 2.88. The Balaban J connectivity index is 2.49. The van der Waals surface area contributed by atoms with Crippen LogP contribution >= 0.6 is 0 Å². The number of fused-ring (bicyclic) bond motifs is 1. The van der Waals surface area contributed by atoms with Crippen LogP contribution in [-0.2, 0) is 13.5 Å². The van der Waals surface area contributed by atoms with Crippen molar-refractivity contribution in [3.8, 4) is 5.75 Å². The number of hydrogen-bond acceptors (Lipinski definition) is 1. The van der Waals surface area contributed by atoms with E-state index in [4.69, 9.17) is 4.74 Å². The van der Waals surface area contributed by atoms with E-state index in [1.165, 1.54) is 5.69 Å². The van der Waals surface area contributed by atoms with E-state index in [1.54, 1.807) is 0 Å². The molecule has 2 heteroatoms. The van der Waals surface area contributed by atoms with Gasteiger partial charge in [0.05, 0.1) is 6.61 Å². The molecule has 0 bridgehead atoms. The molecule has 1 aromatic heterocycles. The fourth-order valence-electron chi connectivity index (χ4n) is 1.47. The molecule has 1 aromatic rings. The third-order valence-corrected chi connectivity index (χ3v) is 2.08. The second-order valence-corrected chi connectivity index (χ2v) is 2.88. The van der Waals surface area contributed by atoms with Crippen molar-refractivity contribution in [2.24, 2.45) is 7.05 Å². The van der Waals surface area contributed by atoms with Crippen molar-refractivity contribution in [1.29, 1.82) is 0 Å². The Morgan fingerprint density at radius 2 is 2.45 bits per heavy atom. The highest BCUT2D eigenvalue weighted by molar-refractivity contribution is 5.24. The third-order valence-electron chi connectivity index (χ3n) is 2.08. The van der Waals surface area contributed by atoms with Gasteiger partial charge in [0.25, 0.3) is 0 Å². The zero-order valence-corrected chi connectivity index (χ0v) is 6.71. The first-order chi connectivity index (χ1) is 5.38. The highest BCUT2D eigenvalue weighted by atomic mass is 16.5. The molecule has 0 N–H and O–H groups in total. The highest BCUT2D eigenvalue weighted by Crippen LogP contribution is 2.19. The van der Waals surface area contributed by atoms with E-state index in [-0.39, 0.29) is 0 Å². The van der Waals surface area contributed by atoms with Crippen LogP contribution in [0.2, 0.25) is 0 Å². The first-order valence-corrected chi connectivity index (χ1v) is 3.98. The average Bonchev–Trinajstić information content (AvgIpc) is 2.06. The smallest absolute Gasteiger partial charge is 0.223 e. The molecule has 0 amide bonds. The van der Waals surface area contributed by atoms with Gasteiger partial charge in [-0.3, -0.25) is 0 Å². The maximum Gasteiger partial charge on any atom is 0.223 e. The summed E-state index contributed by atoms with van der Waals surface area (Å²) >= 11 is 0. The van der Waals surface area contributed by atoms with Crippen LogP contribution in [-0.4, -0.2) is 6.61 Å². The maximum atomic E-state index is 5.48. The maximum absolute atomic E-state index is 5.48. The summed E-state index contributed by atoms with van der Waals surface area (Å²) in [6.07, 6.45) is 4.35. The number of ether oxygens (including phenoxy) is 1. The topological polar surface area (TPSA) is 13.1 Å². The van der Waals surface area contributed by atoms with Crippen LogP contribution in [0.1, 0.15) is 12.1 Å². The summed E-state index contributed by atoms with van der Waals surface area (Å²) in [6.45, 7) is 0.872. The van der Waals surface area contributed by atoms with Gasteiger partial charge in [-0.15, -0.1) is 0 Å². The number of hydrogen-bond donors (Lipinski definition) is 0. The monoisotopic (exact) mass is 150 g/mol. The molecular formula is C9H12NO+. The molecule has 2 rings (SSSR count).